The summed E-state index contributed by atoms with van der Waals surface area (Å²) in [6.45, 7) is 7.12. The second kappa shape index (κ2) is 5.40. The molecule has 6 nitrogen and oxygen atoms in total. The Balaban J connectivity index is 1.92. The Kier molecular flexibility index (Phi) is 3.22. The number of aromatic nitrogens is 3. The van der Waals surface area contributed by atoms with Gasteiger partial charge in [-0.05, 0) is 24.3 Å². The molecule has 24 heavy (non-hydrogen) atoms. The van der Waals surface area contributed by atoms with Crippen molar-refractivity contribution in [2.24, 2.45) is 0 Å². The number of fused-ring (bicyclic) bond motifs is 3. The summed E-state index contributed by atoms with van der Waals surface area (Å²) in [7, 11) is 0. The quantitative estimate of drug-likeness (QED) is 0.419. The number of nitrogens with zero attached hydrogens (tertiary/aromatic N) is 4. The predicted molar refractivity (Wildman–Crippen MR) is 90.3 cm³/mol. The zero-order valence-electron chi connectivity index (χ0n) is 12.0. The molecule has 0 bridgehead atoms. The summed E-state index contributed by atoms with van der Waals surface area (Å²) in [5.41, 5.74) is 1.82. The molecule has 0 saturated heterocycles. The van der Waals surface area contributed by atoms with Gasteiger partial charge in [0, 0.05) is 11.8 Å². The first-order chi connectivity index (χ1) is 11.7. The third-order valence-electron chi connectivity index (χ3n) is 3.45. The monoisotopic (exact) mass is 337 g/mol. The molecule has 2 N–H and O–H groups in total. The average molecular weight is 337 g/mol. The van der Waals surface area contributed by atoms with E-state index in [9.17, 15) is 9.50 Å². The maximum atomic E-state index is 13.5. The molecule has 4 aromatic rings. The van der Waals surface area contributed by atoms with Crippen LogP contribution in [0.4, 0.5) is 21.0 Å². The number of rotatable bonds is 2. The van der Waals surface area contributed by atoms with E-state index in [2.05, 4.69) is 25.1 Å². The number of hydrogen-bond donors (Lipinski definition) is 2. The number of benzene rings is 2. The fourth-order valence-corrected chi connectivity index (χ4v) is 3.28. The number of aromatic hydroxyl groups is 1. The van der Waals surface area contributed by atoms with Crippen LogP contribution >= 0.6 is 11.3 Å². The fraction of sp³-hybridized carbons (Fsp3) is 0. The first-order valence-electron chi connectivity index (χ1n) is 6.83. The van der Waals surface area contributed by atoms with Crippen molar-refractivity contribution in [2.45, 2.75) is 0 Å². The lowest BCUT2D eigenvalue weighted by atomic mass is 10.2. The van der Waals surface area contributed by atoms with Crippen molar-refractivity contribution in [3.8, 4) is 5.75 Å². The zero-order chi connectivity index (χ0) is 16.7. The number of halogens is 1. The van der Waals surface area contributed by atoms with E-state index in [4.69, 9.17) is 6.57 Å². The van der Waals surface area contributed by atoms with Crippen molar-refractivity contribution >= 4 is 49.1 Å². The molecule has 2 heterocycles. The van der Waals surface area contributed by atoms with Gasteiger partial charge in [0.1, 0.15) is 12.1 Å². The lowest BCUT2D eigenvalue weighted by Crippen LogP contribution is -1.96. The molecule has 0 radical (unpaired) electrons. The minimum Gasteiger partial charge on any atom is -0.505 e. The molecule has 0 amide bonds. The predicted octanol–water partition coefficient (Wildman–Crippen LogP) is 4.38. The summed E-state index contributed by atoms with van der Waals surface area (Å²) < 4.78 is 14.3. The Morgan fingerprint density at radius 3 is 2.79 bits per heavy atom. The van der Waals surface area contributed by atoms with Gasteiger partial charge in [0.15, 0.2) is 17.1 Å². The van der Waals surface area contributed by atoms with Crippen molar-refractivity contribution in [3.63, 3.8) is 0 Å². The highest BCUT2D eigenvalue weighted by atomic mass is 32.1. The van der Waals surface area contributed by atoms with E-state index in [1.165, 1.54) is 29.8 Å². The molecule has 0 saturated carbocycles. The summed E-state index contributed by atoms with van der Waals surface area (Å²) in [6, 6.07) is 7.60. The normalized spacial score (nSPS) is 10.8. The molecule has 2 aromatic carbocycles. The molecule has 4 rings (SSSR count). The Bertz CT molecular complexity index is 1130. The van der Waals surface area contributed by atoms with Crippen molar-refractivity contribution in [3.05, 3.63) is 53.9 Å². The van der Waals surface area contributed by atoms with Crippen LogP contribution in [0.2, 0.25) is 0 Å². The highest BCUT2D eigenvalue weighted by molar-refractivity contribution is 7.23. The third kappa shape index (κ3) is 2.28. The SMILES string of the molecule is [C-]#[N+]c1nc2ccc3ncnc(Nc4ccc(O)c(F)c4)c3c2s1. The van der Waals surface area contributed by atoms with Gasteiger partial charge in [-0.3, -0.25) is 0 Å². The van der Waals surface area contributed by atoms with Crippen LogP contribution in [0.25, 0.3) is 26.0 Å². The minimum absolute atomic E-state index is 0.336. The van der Waals surface area contributed by atoms with Crippen LogP contribution in [0.3, 0.4) is 0 Å². The molecule has 0 atom stereocenters. The molecular formula is C16H8FN5OS. The van der Waals surface area contributed by atoms with Gasteiger partial charge in [-0.15, -0.1) is 16.3 Å². The van der Waals surface area contributed by atoms with E-state index < -0.39 is 11.6 Å². The number of thiazole rings is 1. The van der Waals surface area contributed by atoms with Crippen LogP contribution in [0, 0.1) is 12.4 Å². The van der Waals surface area contributed by atoms with Crippen LogP contribution < -0.4 is 5.32 Å². The van der Waals surface area contributed by atoms with Crippen molar-refractivity contribution < 1.29 is 9.50 Å². The van der Waals surface area contributed by atoms with Gasteiger partial charge in [0.2, 0.25) is 0 Å². The lowest BCUT2D eigenvalue weighted by Gasteiger charge is -2.09. The molecule has 0 unspecified atom stereocenters. The summed E-state index contributed by atoms with van der Waals surface area (Å²) in [4.78, 5) is 16.1. The first kappa shape index (κ1) is 14.3. The molecule has 0 spiro atoms. The van der Waals surface area contributed by atoms with E-state index in [0.717, 1.165) is 10.1 Å². The van der Waals surface area contributed by atoms with Crippen LogP contribution in [-0.4, -0.2) is 20.1 Å². The van der Waals surface area contributed by atoms with Gasteiger partial charge >= 0.3 is 5.13 Å². The van der Waals surface area contributed by atoms with Crippen molar-refractivity contribution in [2.75, 3.05) is 5.32 Å². The summed E-state index contributed by atoms with van der Waals surface area (Å²) >= 11 is 1.26. The molecule has 0 aliphatic rings. The van der Waals surface area contributed by atoms with E-state index in [0.29, 0.717) is 27.7 Å². The minimum atomic E-state index is -0.725. The van der Waals surface area contributed by atoms with E-state index in [1.54, 1.807) is 18.2 Å². The molecule has 0 aliphatic carbocycles. The van der Waals surface area contributed by atoms with Crippen LogP contribution in [0.1, 0.15) is 0 Å². The summed E-state index contributed by atoms with van der Waals surface area (Å²) in [6.07, 6.45) is 1.41. The van der Waals surface area contributed by atoms with Crippen molar-refractivity contribution in [1.82, 2.24) is 15.0 Å². The Morgan fingerprint density at radius 2 is 2.00 bits per heavy atom. The number of anilines is 2. The smallest absolute Gasteiger partial charge is 0.330 e. The average Bonchev–Trinajstić information content (AvgIpc) is 3.02. The molecule has 0 fully saturated rings. The largest absolute Gasteiger partial charge is 0.505 e. The third-order valence-corrected chi connectivity index (χ3v) is 4.43. The van der Waals surface area contributed by atoms with E-state index in [1.807, 2.05) is 0 Å². The van der Waals surface area contributed by atoms with Gasteiger partial charge in [0.05, 0.1) is 15.6 Å². The lowest BCUT2D eigenvalue weighted by molar-refractivity contribution is 0.432. The van der Waals surface area contributed by atoms with Gasteiger partial charge in [-0.2, -0.15) is 0 Å². The van der Waals surface area contributed by atoms with Gasteiger partial charge in [-0.1, -0.05) is 6.57 Å². The molecule has 0 aliphatic heterocycles. The second-order valence-corrected chi connectivity index (χ2v) is 5.91. The molecule has 2 aromatic heterocycles. The number of phenols is 1. The summed E-state index contributed by atoms with van der Waals surface area (Å²) in [5, 5.41) is 13.4. The topological polar surface area (TPSA) is 75.3 Å². The van der Waals surface area contributed by atoms with Gasteiger partial charge < -0.3 is 15.3 Å². The van der Waals surface area contributed by atoms with E-state index in [-0.39, 0.29) is 0 Å². The van der Waals surface area contributed by atoms with Gasteiger partial charge in [0.25, 0.3) is 0 Å². The first-order valence-corrected chi connectivity index (χ1v) is 7.64. The molecular weight excluding hydrogens is 329 g/mol. The maximum Gasteiger partial charge on any atom is 0.330 e. The molecule has 116 valence electrons. The summed E-state index contributed by atoms with van der Waals surface area (Å²) in [5.74, 6) is -0.660. The standard InChI is InChI=1S/C16H8FN5OS/c1-18-16-22-11-4-3-10-13(14(11)24-16)15(20-7-19-10)21-8-2-5-12(23)9(17)6-8/h2-7,23H,(H,19,20,21). The fourth-order valence-electron chi connectivity index (χ4n) is 2.38. The Morgan fingerprint density at radius 1 is 1.17 bits per heavy atom. The van der Waals surface area contributed by atoms with Gasteiger partial charge in [-0.25, -0.2) is 14.4 Å². The van der Waals surface area contributed by atoms with Crippen LogP contribution in [-0.2, 0) is 0 Å². The van der Waals surface area contributed by atoms with Crippen LogP contribution in [0.15, 0.2) is 36.7 Å². The van der Waals surface area contributed by atoms with E-state index >= 15 is 0 Å². The Hall–Kier alpha value is -3.31. The molecule has 8 heteroatoms. The van der Waals surface area contributed by atoms with Crippen molar-refractivity contribution in [1.29, 1.82) is 0 Å². The second-order valence-electron chi connectivity index (χ2n) is 4.93. The number of phenolic OH excluding ortho intramolecular Hbond substituents is 1. The zero-order valence-corrected chi connectivity index (χ0v) is 12.8. The number of hydrogen-bond acceptors (Lipinski definition) is 6. The van der Waals surface area contributed by atoms with Crippen LogP contribution in [0.5, 0.6) is 5.75 Å². The highest BCUT2D eigenvalue weighted by Gasteiger charge is 2.15. The Labute approximate surface area is 139 Å². The number of nitrogens with one attached hydrogen (secondary N) is 1. The maximum absolute atomic E-state index is 13.5. The highest BCUT2D eigenvalue weighted by Crippen LogP contribution is 2.37.